The van der Waals surface area contributed by atoms with Crippen molar-refractivity contribution in [1.29, 1.82) is 0 Å². The van der Waals surface area contributed by atoms with Crippen LogP contribution in [0.1, 0.15) is 41.6 Å². The van der Waals surface area contributed by atoms with Gasteiger partial charge in [-0.1, -0.05) is 29.8 Å². The maximum atomic E-state index is 13.9. The van der Waals surface area contributed by atoms with Crippen molar-refractivity contribution in [1.82, 2.24) is 0 Å². The van der Waals surface area contributed by atoms with Crippen LogP contribution in [0, 0.1) is 17.8 Å². The van der Waals surface area contributed by atoms with Crippen LogP contribution in [-0.4, -0.2) is 39.6 Å². The fourth-order valence-corrected chi connectivity index (χ4v) is 6.48. The minimum Gasteiger partial charge on any atom is -0.508 e. The number of anilines is 1. The zero-order valence-corrected chi connectivity index (χ0v) is 20.4. The number of nitrogens with zero attached hydrogens (tertiary/aromatic N) is 1. The molecule has 8 nitrogen and oxygen atoms in total. The van der Waals surface area contributed by atoms with Crippen LogP contribution >= 0.6 is 0 Å². The van der Waals surface area contributed by atoms with Crippen LogP contribution in [0.2, 0.25) is 0 Å². The molecule has 190 valence electrons. The number of aromatic carboxylic acids is 1. The van der Waals surface area contributed by atoms with Crippen LogP contribution in [0.5, 0.6) is 5.75 Å². The van der Waals surface area contributed by atoms with Gasteiger partial charge in [-0.25, -0.2) is 4.79 Å². The zero-order chi connectivity index (χ0) is 26.9. The lowest BCUT2D eigenvalue weighted by molar-refractivity contribution is -0.123. The summed E-state index contributed by atoms with van der Waals surface area (Å²) in [7, 11) is 0. The van der Waals surface area contributed by atoms with Crippen LogP contribution < -0.4 is 4.90 Å². The Morgan fingerprint density at radius 2 is 1.74 bits per heavy atom. The number of aromatic hydroxyl groups is 1. The van der Waals surface area contributed by atoms with Gasteiger partial charge in [-0.15, -0.1) is 0 Å². The molecule has 3 aliphatic carbocycles. The van der Waals surface area contributed by atoms with Crippen molar-refractivity contribution in [3.05, 3.63) is 94.1 Å². The molecule has 0 unspecified atom stereocenters. The number of carbonyl (C=O) groups excluding carboxylic acids is 4. The Kier molecular flexibility index (Phi) is 5.31. The molecule has 0 bridgehead atoms. The van der Waals surface area contributed by atoms with E-state index in [1.807, 2.05) is 6.08 Å². The summed E-state index contributed by atoms with van der Waals surface area (Å²) in [5, 5.41) is 19.6. The third-order valence-corrected chi connectivity index (χ3v) is 8.12. The van der Waals surface area contributed by atoms with E-state index in [2.05, 4.69) is 0 Å². The molecule has 8 heteroatoms. The summed E-state index contributed by atoms with van der Waals surface area (Å²) < 4.78 is 0. The highest BCUT2D eigenvalue weighted by atomic mass is 16.4. The number of hydrogen-bond donors (Lipinski definition) is 2. The summed E-state index contributed by atoms with van der Waals surface area (Å²) in [6.45, 7) is 1.60. The average molecular weight is 510 g/mol. The number of hydrogen-bond acceptors (Lipinski definition) is 6. The van der Waals surface area contributed by atoms with Crippen LogP contribution in [0.25, 0.3) is 0 Å². The van der Waals surface area contributed by atoms with Crippen LogP contribution in [0.15, 0.2) is 83.0 Å². The average Bonchev–Trinajstić information content (AvgIpc) is 3.15. The summed E-state index contributed by atoms with van der Waals surface area (Å²) >= 11 is 0. The molecule has 1 aliphatic heterocycles. The van der Waals surface area contributed by atoms with Gasteiger partial charge in [-0.3, -0.25) is 24.1 Å². The Morgan fingerprint density at radius 1 is 0.974 bits per heavy atom. The first kappa shape index (κ1) is 23.8. The molecule has 0 aromatic heterocycles. The van der Waals surface area contributed by atoms with E-state index in [0.717, 1.165) is 10.5 Å². The van der Waals surface area contributed by atoms with E-state index in [1.165, 1.54) is 36.4 Å². The highest BCUT2D eigenvalue weighted by Crippen LogP contribution is 2.55. The standard InChI is InChI=1S/C30H23NO7/c1-14-10-23(33)22-13-21-19(24(26(22)27(14)34)15-4-3-7-18(32)12-15)8-9-20-25(21)29(36)31(28(20)35)17-6-2-5-16(11-17)30(37)38/h2-8,10-12,20-21,24-25,32H,9,13H2,1H3,(H,37,38)/t20-,21+,24-,25-/m0/s1. The fraction of sp³-hybridized carbons (Fsp3) is 0.233. The number of benzene rings is 2. The lowest BCUT2D eigenvalue weighted by atomic mass is 9.59. The first-order valence-electron chi connectivity index (χ1n) is 12.4. The molecule has 0 radical (unpaired) electrons. The van der Waals surface area contributed by atoms with Crippen LogP contribution in [-0.2, 0) is 19.2 Å². The second-order valence-electron chi connectivity index (χ2n) is 10.2. The summed E-state index contributed by atoms with van der Waals surface area (Å²) in [5.41, 5.74) is 2.61. The maximum absolute atomic E-state index is 13.9. The van der Waals surface area contributed by atoms with Gasteiger partial charge < -0.3 is 10.2 Å². The zero-order valence-electron chi connectivity index (χ0n) is 20.4. The maximum Gasteiger partial charge on any atom is 0.335 e. The van der Waals surface area contributed by atoms with Gasteiger partial charge in [0.2, 0.25) is 11.8 Å². The van der Waals surface area contributed by atoms with E-state index in [4.69, 9.17) is 0 Å². The van der Waals surface area contributed by atoms with E-state index in [1.54, 1.807) is 25.1 Å². The number of carboxylic acid groups (broad SMARTS) is 1. The van der Waals surface area contributed by atoms with Crippen molar-refractivity contribution < 1.29 is 34.2 Å². The third kappa shape index (κ3) is 3.40. The van der Waals surface area contributed by atoms with Crippen molar-refractivity contribution in [2.24, 2.45) is 17.8 Å². The summed E-state index contributed by atoms with van der Waals surface area (Å²) in [4.78, 5) is 66.4. The number of phenolic OH excluding ortho intramolecular Hbond substituents is 1. The number of carbonyl (C=O) groups is 5. The second kappa shape index (κ2) is 8.48. The molecule has 1 saturated heterocycles. The summed E-state index contributed by atoms with van der Waals surface area (Å²) in [6.07, 6.45) is 3.64. The van der Waals surface area contributed by atoms with Gasteiger partial charge in [0.1, 0.15) is 5.75 Å². The summed E-state index contributed by atoms with van der Waals surface area (Å²) in [5.74, 6) is -5.11. The Bertz CT molecular complexity index is 1580. The second-order valence-corrected chi connectivity index (χ2v) is 10.2. The first-order chi connectivity index (χ1) is 18.2. The minimum atomic E-state index is -1.17. The molecular weight excluding hydrogens is 486 g/mol. The molecule has 1 fully saturated rings. The molecule has 0 saturated carbocycles. The van der Waals surface area contributed by atoms with Crippen molar-refractivity contribution >= 4 is 35.0 Å². The smallest absolute Gasteiger partial charge is 0.335 e. The molecule has 4 atom stereocenters. The van der Waals surface area contributed by atoms with E-state index >= 15 is 0 Å². The molecule has 6 rings (SSSR count). The topological polar surface area (TPSA) is 129 Å². The van der Waals surface area contributed by atoms with E-state index in [-0.39, 0.29) is 41.4 Å². The molecule has 2 N–H and O–H groups in total. The van der Waals surface area contributed by atoms with Crippen LogP contribution in [0.3, 0.4) is 0 Å². The van der Waals surface area contributed by atoms with Crippen molar-refractivity contribution in [3.8, 4) is 5.75 Å². The molecule has 1 heterocycles. The normalized spacial score (nSPS) is 26.5. The largest absolute Gasteiger partial charge is 0.508 e. The molecule has 38 heavy (non-hydrogen) atoms. The molecule has 4 aliphatic rings. The van der Waals surface area contributed by atoms with Crippen LogP contribution in [0.4, 0.5) is 5.69 Å². The predicted molar refractivity (Wildman–Crippen MR) is 135 cm³/mol. The number of rotatable bonds is 3. The van der Waals surface area contributed by atoms with Gasteiger partial charge in [0.05, 0.1) is 23.1 Å². The van der Waals surface area contributed by atoms with Crippen molar-refractivity contribution in [2.75, 3.05) is 4.90 Å². The predicted octanol–water partition coefficient (Wildman–Crippen LogP) is 3.72. The van der Waals surface area contributed by atoms with Gasteiger partial charge in [-0.2, -0.15) is 0 Å². The first-order valence-corrected chi connectivity index (χ1v) is 12.4. The Hall–Kier alpha value is -4.59. The quantitative estimate of drug-likeness (QED) is 0.366. The summed E-state index contributed by atoms with van der Waals surface area (Å²) in [6, 6.07) is 12.2. The molecular formula is C30H23NO7. The Balaban J connectivity index is 1.47. The molecule has 2 amide bonds. The lowest BCUT2D eigenvalue weighted by Gasteiger charge is -2.42. The van der Waals surface area contributed by atoms with E-state index in [9.17, 15) is 34.2 Å². The van der Waals surface area contributed by atoms with E-state index in [0.29, 0.717) is 22.3 Å². The monoisotopic (exact) mass is 509 g/mol. The highest BCUT2D eigenvalue weighted by Gasteiger charge is 2.56. The number of phenols is 1. The van der Waals surface area contributed by atoms with Gasteiger partial charge in [0.25, 0.3) is 0 Å². The number of allylic oxidation sites excluding steroid dienone is 6. The highest BCUT2D eigenvalue weighted by molar-refractivity contribution is 6.25. The third-order valence-electron chi connectivity index (χ3n) is 8.12. The van der Waals surface area contributed by atoms with Gasteiger partial charge in [0, 0.05) is 22.6 Å². The molecule has 2 aromatic rings. The molecule has 0 spiro atoms. The number of fused-ring (bicyclic) bond motifs is 3. The van der Waals surface area contributed by atoms with Crippen molar-refractivity contribution in [3.63, 3.8) is 0 Å². The Morgan fingerprint density at radius 3 is 2.47 bits per heavy atom. The number of Topliss-reactive ketones (excluding diaryl/α,β-unsaturated/α-hetero) is 1. The SMILES string of the molecule is CC1=CC(=O)C2=C(C1=O)[C@@H](c1cccc(O)c1)C1=CC[C@@H]3C(=O)N(c4cccc(C(=O)O)c4)C(=O)[C@@H]3[C@@H]1C2. The fourth-order valence-electron chi connectivity index (χ4n) is 6.48. The van der Waals surface area contributed by atoms with E-state index < -0.39 is 41.5 Å². The number of amides is 2. The van der Waals surface area contributed by atoms with Gasteiger partial charge >= 0.3 is 5.97 Å². The van der Waals surface area contributed by atoms with Crippen molar-refractivity contribution in [2.45, 2.75) is 25.7 Å². The lowest BCUT2D eigenvalue weighted by Crippen LogP contribution is -2.39. The minimum absolute atomic E-state index is 0.0134. The number of carboxylic acids is 1. The number of ketones is 2. The number of imide groups is 1. The Labute approximate surface area is 217 Å². The molecule has 2 aromatic carbocycles. The van der Waals surface area contributed by atoms with Gasteiger partial charge in [-0.05, 0) is 67.7 Å². The van der Waals surface area contributed by atoms with Gasteiger partial charge in [0.15, 0.2) is 11.6 Å².